The molecule has 0 radical (unpaired) electrons. The fraction of sp³-hybridized carbons (Fsp3) is 0.261. The summed E-state index contributed by atoms with van der Waals surface area (Å²) in [5.74, 6) is 0.0321. The SMILES string of the molecule is C=CCN(C)C(=O)[C@@H]1C=C(c2ccc(Cl)cc2)C(c2ccc(Cl)cc2Cl)CC1. The summed E-state index contributed by atoms with van der Waals surface area (Å²) in [7, 11) is 1.81. The van der Waals surface area contributed by atoms with Crippen molar-refractivity contribution in [3.05, 3.63) is 87.4 Å². The Labute approximate surface area is 181 Å². The van der Waals surface area contributed by atoms with Gasteiger partial charge in [0, 0.05) is 34.6 Å². The molecule has 2 atom stereocenters. The quantitative estimate of drug-likeness (QED) is 0.470. The first-order valence-electron chi connectivity index (χ1n) is 9.19. The third kappa shape index (κ3) is 4.63. The molecule has 0 heterocycles. The van der Waals surface area contributed by atoms with Crippen molar-refractivity contribution in [2.45, 2.75) is 18.8 Å². The maximum Gasteiger partial charge on any atom is 0.229 e. The van der Waals surface area contributed by atoms with Crippen molar-refractivity contribution < 1.29 is 4.79 Å². The standard InChI is InChI=1S/C23H22Cl3NO/c1-3-12-27(2)23(28)16-6-10-19(20-11-9-18(25)14-22(20)26)21(13-16)15-4-7-17(24)8-5-15/h3-5,7-9,11,13-14,16,19H,1,6,10,12H2,2H3/t16-,19?/m0/s1. The first kappa shape index (κ1) is 21.0. The lowest BCUT2D eigenvalue weighted by Gasteiger charge is -2.31. The van der Waals surface area contributed by atoms with Crippen molar-refractivity contribution in [2.24, 2.45) is 5.92 Å². The number of hydrogen-bond donors (Lipinski definition) is 0. The van der Waals surface area contributed by atoms with Gasteiger partial charge >= 0.3 is 0 Å². The second kappa shape index (κ2) is 9.17. The molecule has 0 N–H and O–H groups in total. The first-order chi connectivity index (χ1) is 13.4. The Bertz CT molecular complexity index is 905. The van der Waals surface area contributed by atoms with Crippen LogP contribution in [0.5, 0.6) is 0 Å². The van der Waals surface area contributed by atoms with E-state index in [0.29, 0.717) is 21.6 Å². The predicted molar refractivity (Wildman–Crippen MR) is 119 cm³/mol. The summed E-state index contributed by atoms with van der Waals surface area (Å²) in [6.45, 7) is 4.25. The van der Waals surface area contributed by atoms with Crippen molar-refractivity contribution in [1.82, 2.24) is 4.90 Å². The number of nitrogens with zero attached hydrogens (tertiary/aromatic N) is 1. The number of rotatable bonds is 5. The van der Waals surface area contributed by atoms with Crippen LogP contribution in [0.25, 0.3) is 5.57 Å². The van der Waals surface area contributed by atoms with Crippen LogP contribution in [0, 0.1) is 5.92 Å². The van der Waals surface area contributed by atoms with Gasteiger partial charge in [-0.1, -0.05) is 65.2 Å². The van der Waals surface area contributed by atoms with E-state index in [2.05, 4.69) is 12.7 Å². The lowest BCUT2D eigenvalue weighted by molar-refractivity contribution is -0.132. The van der Waals surface area contributed by atoms with E-state index in [4.69, 9.17) is 34.8 Å². The number of allylic oxidation sites excluding steroid dienone is 1. The molecule has 5 heteroatoms. The van der Waals surface area contributed by atoms with Gasteiger partial charge in [0.25, 0.3) is 0 Å². The van der Waals surface area contributed by atoms with Gasteiger partial charge in [-0.25, -0.2) is 0 Å². The Morgan fingerprint density at radius 2 is 1.79 bits per heavy atom. The Morgan fingerprint density at radius 3 is 2.43 bits per heavy atom. The molecular weight excluding hydrogens is 413 g/mol. The van der Waals surface area contributed by atoms with E-state index in [1.54, 1.807) is 17.0 Å². The average Bonchev–Trinajstić information content (AvgIpc) is 2.68. The van der Waals surface area contributed by atoms with Gasteiger partial charge < -0.3 is 4.90 Å². The van der Waals surface area contributed by atoms with Gasteiger partial charge in [0.05, 0.1) is 5.92 Å². The fourth-order valence-electron chi connectivity index (χ4n) is 3.73. The molecule has 0 bridgehead atoms. The third-order valence-electron chi connectivity index (χ3n) is 5.13. The maximum absolute atomic E-state index is 12.8. The fourth-order valence-corrected chi connectivity index (χ4v) is 4.39. The second-order valence-electron chi connectivity index (χ2n) is 7.04. The number of carbonyl (C=O) groups is 1. The Hall–Kier alpha value is -1.74. The largest absolute Gasteiger partial charge is 0.342 e. The molecule has 0 aromatic heterocycles. The van der Waals surface area contributed by atoms with Gasteiger partial charge in [0.15, 0.2) is 0 Å². The molecule has 28 heavy (non-hydrogen) atoms. The molecule has 0 spiro atoms. The van der Waals surface area contributed by atoms with Crippen LogP contribution in [-0.4, -0.2) is 24.4 Å². The summed E-state index contributed by atoms with van der Waals surface area (Å²) in [6.07, 6.45) is 5.42. The van der Waals surface area contributed by atoms with Crippen LogP contribution in [0.2, 0.25) is 15.1 Å². The number of hydrogen-bond acceptors (Lipinski definition) is 1. The molecule has 1 aliphatic carbocycles. The minimum atomic E-state index is -0.169. The summed E-state index contributed by atoms with van der Waals surface area (Å²) >= 11 is 18.7. The van der Waals surface area contributed by atoms with Gasteiger partial charge in [0.1, 0.15) is 0 Å². The summed E-state index contributed by atoms with van der Waals surface area (Å²) < 4.78 is 0. The van der Waals surface area contributed by atoms with E-state index < -0.39 is 0 Å². The topological polar surface area (TPSA) is 20.3 Å². The molecule has 2 aromatic rings. The van der Waals surface area contributed by atoms with Gasteiger partial charge in [-0.05, 0) is 53.8 Å². The molecule has 0 aliphatic heterocycles. The van der Waals surface area contributed by atoms with Gasteiger partial charge in [-0.2, -0.15) is 0 Å². The molecule has 1 amide bonds. The molecule has 0 saturated carbocycles. The van der Waals surface area contributed by atoms with E-state index in [9.17, 15) is 4.79 Å². The molecule has 3 rings (SSSR count). The highest BCUT2D eigenvalue weighted by Gasteiger charge is 2.31. The van der Waals surface area contributed by atoms with Crippen molar-refractivity contribution in [2.75, 3.05) is 13.6 Å². The van der Waals surface area contributed by atoms with E-state index >= 15 is 0 Å². The Balaban J connectivity index is 2.03. The summed E-state index contributed by atoms with van der Waals surface area (Å²) in [4.78, 5) is 14.6. The number of benzene rings is 2. The second-order valence-corrected chi connectivity index (χ2v) is 8.32. The smallest absolute Gasteiger partial charge is 0.229 e. The Kier molecular flexibility index (Phi) is 6.87. The zero-order valence-electron chi connectivity index (χ0n) is 15.7. The number of amides is 1. The van der Waals surface area contributed by atoms with Crippen molar-refractivity contribution >= 4 is 46.3 Å². The van der Waals surface area contributed by atoms with Crippen LogP contribution in [-0.2, 0) is 4.79 Å². The zero-order valence-corrected chi connectivity index (χ0v) is 17.9. The normalized spacial score (nSPS) is 19.1. The van der Waals surface area contributed by atoms with Gasteiger partial charge in [-0.15, -0.1) is 6.58 Å². The molecule has 0 saturated heterocycles. The molecule has 1 aliphatic rings. The first-order valence-corrected chi connectivity index (χ1v) is 10.3. The minimum Gasteiger partial charge on any atom is -0.342 e. The van der Waals surface area contributed by atoms with Crippen LogP contribution in [0.4, 0.5) is 0 Å². The van der Waals surface area contributed by atoms with Crippen LogP contribution in [0.15, 0.2) is 61.2 Å². The van der Waals surface area contributed by atoms with Crippen LogP contribution >= 0.6 is 34.8 Å². The highest BCUT2D eigenvalue weighted by atomic mass is 35.5. The number of likely N-dealkylation sites (N-methyl/N-ethyl adjacent to an activating group) is 1. The average molecular weight is 435 g/mol. The highest BCUT2D eigenvalue weighted by molar-refractivity contribution is 6.35. The number of carbonyl (C=O) groups excluding carboxylic acids is 1. The van der Waals surface area contributed by atoms with E-state index in [1.807, 2.05) is 43.4 Å². The maximum atomic E-state index is 12.8. The minimum absolute atomic E-state index is 0.0969. The van der Waals surface area contributed by atoms with Crippen LogP contribution < -0.4 is 0 Å². The van der Waals surface area contributed by atoms with Crippen LogP contribution in [0.3, 0.4) is 0 Å². The van der Waals surface area contributed by atoms with Gasteiger partial charge in [-0.3, -0.25) is 4.79 Å². The summed E-state index contributed by atoms with van der Waals surface area (Å²) in [6, 6.07) is 13.3. The van der Waals surface area contributed by atoms with E-state index in [1.165, 1.54) is 0 Å². The molecule has 2 aromatic carbocycles. The van der Waals surface area contributed by atoms with Crippen LogP contribution in [0.1, 0.15) is 29.9 Å². The van der Waals surface area contributed by atoms with E-state index in [-0.39, 0.29) is 17.7 Å². The lowest BCUT2D eigenvalue weighted by atomic mass is 9.75. The Morgan fingerprint density at radius 1 is 1.11 bits per heavy atom. The highest BCUT2D eigenvalue weighted by Crippen LogP contribution is 2.44. The van der Waals surface area contributed by atoms with Crippen molar-refractivity contribution in [1.29, 1.82) is 0 Å². The van der Waals surface area contributed by atoms with E-state index in [0.717, 1.165) is 29.5 Å². The summed E-state index contributed by atoms with van der Waals surface area (Å²) in [5.41, 5.74) is 3.17. The molecule has 0 fully saturated rings. The number of halogens is 3. The molecule has 2 nitrogen and oxygen atoms in total. The monoisotopic (exact) mass is 433 g/mol. The lowest BCUT2D eigenvalue weighted by Crippen LogP contribution is -2.33. The van der Waals surface area contributed by atoms with Gasteiger partial charge in [0.2, 0.25) is 5.91 Å². The predicted octanol–water partition coefficient (Wildman–Crippen LogP) is 6.87. The van der Waals surface area contributed by atoms with Crippen molar-refractivity contribution in [3.8, 4) is 0 Å². The third-order valence-corrected chi connectivity index (χ3v) is 5.95. The molecule has 146 valence electrons. The van der Waals surface area contributed by atoms with Crippen molar-refractivity contribution in [3.63, 3.8) is 0 Å². The zero-order chi connectivity index (χ0) is 20.3. The summed E-state index contributed by atoms with van der Waals surface area (Å²) in [5, 5.41) is 1.94. The molecular formula is C23H22Cl3NO. The molecule has 1 unspecified atom stereocenters.